The van der Waals surface area contributed by atoms with Gasteiger partial charge in [0.05, 0.1) is 36.4 Å². The number of carbonyl (C=O) groups excluding carboxylic acids is 1. The van der Waals surface area contributed by atoms with E-state index in [9.17, 15) is 14.0 Å². The first kappa shape index (κ1) is 27.1. The van der Waals surface area contributed by atoms with Crippen molar-refractivity contribution in [1.29, 1.82) is 0 Å². The van der Waals surface area contributed by atoms with Crippen molar-refractivity contribution in [2.24, 2.45) is 11.7 Å². The highest BCUT2D eigenvalue weighted by atomic mass is 19.1. The lowest BCUT2D eigenvalue weighted by molar-refractivity contribution is 0.1000. The molecule has 3 heterocycles. The van der Waals surface area contributed by atoms with Crippen LogP contribution in [0.5, 0.6) is 5.88 Å². The number of hydrogen-bond acceptors (Lipinski definition) is 9. The molecule has 2 atom stereocenters. The normalized spacial score (nSPS) is 12.6. The molecule has 0 unspecified atom stereocenters. The molecule has 14 heteroatoms. The fourth-order valence-electron chi connectivity index (χ4n) is 3.63. The molecule has 0 spiro atoms. The molecule has 0 aliphatic rings. The average molecular weight is 516 g/mol. The first-order valence-corrected chi connectivity index (χ1v) is 11.6. The Morgan fingerprint density at radius 1 is 1.24 bits per heavy atom. The highest BCUT2D eigenvalue weighted by Crippen LogP contribution is 2.28. The standard InChI is InChI=1S/C23H30FN9O4/c1-5-37-22-18(33-7-6-27-32-33)9-14(11-26-22)29-20-15(19(25)34)10-16(24)21(31-20)30-17(8-12(2)3)13(4)28-23(35)36/h6-7,9-13,17,28H,5,8H2,1-4H3,(H2,25,34)(H,35,36)(H2,29,30,31)/t13-,17+/m0/s1. The Morgan fingerprint density at radius 3 is 2.59 bits per heavy atom. The van der Waals surface area contributed by atoms with Gasteiger partial charge in [-0.2, -0.15) is 0 Å². The molecule has 0 fully saturated rings. The molecule has 0 saturated carbocycles. The van der Waals surface area contributed by atoms with Crippen molar-refractivity contribution >= 4 is 29.3 Å². The van der Waals surface area contributed by atoms with E-state index < -0.39 is 29.9 Å². The molecule has 37 heavy (non-hydrogen) atoms. The molecular weight excluding hydrogens is 485 g/mol. The van der Waals surface area contributed by atoms with Crippen molar-refractivity contribution in [1.82, 2.24) is 30.3 Å². The predicted molar refractivity (Wildman–Crippen MR) is 134 cm³/mol. The Bertz CT molecular complexity index is 1240. The molecule has 0 aromatic carbocycles. The van der Waals surface area contributed by atoms with Crippen LogP contribution < -0.4 is 26.4 Å². The average Bonchev–Trinajstić information content (AvgIpc) is 3.35. The van der Waals surface area contributed by atoms with Crippen LogP contribution in [-0.2, 0) is 0 Å². The van der Waals surface area contributed by atoms with Crippen LogP contribution in [0.15, 0.2) is 30.7 Å². The number of nitrogens with one attached hydrogen (secondary N) is 3. The molecule has 3 rings (SSSR count). The Labute approximate surface area is 212 Å². The Hall–Kier alpha value is -4.49. The van der Waals surface area contributed by atoms with Crippen molar-refractivity contribution in [2.45, 2.75) is 46.2 Å². The minimum atomic E-state index is -1.20. The molecule has 0 bridgehead atoms. The fourth-order valence-corrected chi connectivity index (χ4v) is 3.63. The Morgan fingerprint density at radius 2 is 2.00 bits per heavy atom. The van der Waals surface area contributed by atoms with E-state index in [4.69, 9.17) is 15.6 Å². The summed E-state index contributed by atoms with van der Waals surface area (Å²) in [5.74, 6) is -1.42. The van der Waals surface area contributed by atoms with Gasteiger partial charge in [0.1, 0.15) is 11.5 Å². The lowest BCUT2D eigenvalue weighted by Crippen LogP contribution is -2.45. The zero-order chi connectivity index (χ0) is 27.1. The van der Waals surface area contributed by atoms with Gasteiger partial charge >= 0.3 is 6.09 Å². The molecule has 0 aliphatic heterocycles. The second-order valence-corrected chi connectivity index (χ2v) is 8.65. The van der Waals surface area contributed by atoms with Gasteiger partial charge in [-0.15, -0.1) is 5.10 Å². The molecule has 6 N–H and O–H groups in total. The number of primary amides is 1. The number of amides is 2. The quantitative estimate of drug-likeness (QED) is 0.240. The lowest BCUT2D eigenvalue weighted by atomic mass is 9.98. The van der Waals surface area contributed by atoms with Gasteiger partial charge in [-0.25, -0.2) is 23.8 Å². The summed E-state index contributed by atoms with van der Waals surface area (Å²) in [6, 6.07) is 1.57. The van der Waals surface area contributed by atoms with Crippen LogP contribution in [0, 0.1) is 11.7 Å². The number of pyridine rings is 2. The molecule has 3 aromatic rings. The Balaban J connectivity index is 1.99. The van der Waals surface area contributed by atoms with E-state index in [1.807, 2.05) is 20.8 Å². The topological polar surface area (TPSA) is 182 Å². The largest absolute Gasteiger partial charge is 0.476 e. The maximum Gasteiger partial charge on any atom is 0.404 e. The number of carbonyl (C=O) groups is 2. The summed E-state index contributed by atoms with van der Waals surface area (Å²) in [6.45, 7) is 7.77. The van der Waals surface area contributed by atoms with E-state index in [1.165, 1.54) is 17.1 Å². The van der Waals surface area contributed by atoms with Gasteiger partial charge < -0.3 is 31.5 Å². The van der Waals surface area contributed by atoms with Crippen molar-refractivity contribution in [2.75, 3.05) is 17.2 Å². The van der Waals surface area contributed by atoms with Gasteiger partial charge in [0, 0.05) is 12.1 Å². The molecule has 13 nitrogen and oxygen atoms in total. The first-order chi connectivity index (χ1) is 17.6. The number of nitrogens with two attached hydrogens (primary N) is 1. The number of carboxylic acid groups (broad SMARTS) is 1. The van der Waals surface area contributed by atoms with Crippen molar-refractivity contribution in [3.8, 4) is 11.6 Å². The molecule has 0 saturated heterocycles. The van der Waals surface area contributed by atoms with Gasteiger partial charge in [-0.1, -0.05) is 19.1 Å². The third kappa shape index (κ3) is 7.02. The second-order valence-electron chi connectivity index (χ2n) is 8.65. The van der Waals surface area contributed by atoms with Gasteiger partial charge in [-0.3, -0.25) is 4.79 Å². The number of halogens is 1. The maximum absolute atomic E-state index is 15.0. The van der Waals surface area contributed by atoms with Crippen LogP contribution >= 0.6 is 0 Å². The van der Waals surface area contributed by atoms with Crippen molar-refractivity contribution in [3.63, 3.8) is 0 Å². The van der Waals surface area contributed by atoms with Gasteiger partial charge in [0.2, 0.25) is 5.88 Å². The molecule has 198 valence electrons. The number of hydrogen-bond donors (Lipinski definition) is 5. The lowest BCUT2D eigenvalue weighted by Gasteiger charge is -2.27. The van der Waals surface area contributed by atoms with E-state index in [2.05, 4.69) is 36.2 Å². The third-order valence-corrected chi connectivity index (χ3v) is 5.29. The van der Waals surface area contributed by atoms with E-state index in [-0.39, 0.29) is 23.1 Å². The summed E-state index contributed by atoms with van der Waals surface area (Å²) in [4.78, 5) is 31.8. The number of rotatable bonds is 12. The summed E-state index contributed by atoms with van der Waals surface area (Å²) >= 11 is 0. The van der Waals surface area contributed by atoms with E-state index in [0.29, 0.717) is 30.3 Å². The van der Waals surface area contributed by atoms with Crippen LogP contribution in [0.3, 0.4) is 0 Å². The summed E-state index contributed by atoms with van der Waals surface area (Å²) in [6.07, 6.45) is 3.88. The summed E-state index contributed by atoms with van der Waals surface area (Å²) in [7, 11) is 0. The highest BCUT2D eigenvalue weighted by Gasteiger charge is 2.24. The van der Waals surface area contributed by atoms with Gasteiger partial charge in [-0.05, 0) is 38.3 Å². The van der Waals surface area contributed by atoms with Crippen molar-refractivity contribution in [3.05, 3.63) is 42.1 Å². The maximum atomic E-state index is 15.0. The van der Waals surface area contributed by atoms with Crippen molar-refractivity contribution < 1.29 is 23.8 Å². The van der Waals surface area contributed by atoms with Crippen LogP contribution in [0.1, 0.15) is 44.5 Å². The van der Waals surface area contributed by atoms with E-state index in [0.717, 1.165) is 6.07 Å². The molecular formula is C23H30FN9O4. The number of nitrogens with zero attached hydrogens (tertiary/aromatic N) is 5. The summed E-state index contributed by atoms with van der Waals surface area (Å²) < 4.78 is 22.0. The first-order valence-electron chi connectivity index (χ1n) is 11.6. The smallest absolute Gasteiger partial charge is 0.404 e. The number of ether oxygens (including phenoxy) is 1. The molecule has 3 aromatic heterocycles. The predicted octanol–water partition coefficient (Wildman–Crippen LogP) is 2.92. The van der Waals surface area contributed by atoms with Gasteiger partial charge in [0.25, 0.3) is 5.91 Å². The van der Waals surface area contributed by atoms with Gasteiger partial charge in [0.15, 0.2) is 11.6 Å². The zero-order valence-electron chi connectivity index (χ0n) is 20.9. The highest BCUT2D eigenvalue weighted by molar-refractivity contribution is 5.98. The molecule has 0 aliphatic carbocycles. The summed E-state index contributed by atoms with van der Waals surface area (Å²) in [5, 5.41) is 25.2. The molecule has 0 radical (unpaired) electrons. The minimum absolute atomic E-state index is 0.0194. The van der Waals surface area contributed by atoms with Crippen LogP contribution in [-0.4, -0.2) is 60.8 Å². The van der Waals surface area contributed by atoms with Crippen LogP contribution in [0.2, 0.25) is 0 Å². The third-order valence-electron chi connectivity index (χ3n) is 5.29. The Kier molecular flexibility index (Phi) is 8.77. The second kappa shape index (κ2) is 12.0. The van der Waals surface area contributed by atoms with Crippen LogP contribution in [0.25, 0.3) is 5.69 Å². The minimum Gasteiger partial charge on any atom is -0.476 e. The van der Waals surface area contributed by atoms with E-state index >= 15 is 0 Å². The fraction of sp³-hybridized carbons (Fsp3) is 0.391. The number of aromatic nitrogens is 5. The monoisotopic (exact) mass is 515 g/mol. The zero-order valence-corrected chi connectivity index (χ0v) is 20.9. The number of anilines is 3. The molecule has 2 amide bonds. The summed E-state index contributed by atoms with van der Waals surface area (Å²) in [5.41, 5.74) is 6.16. The SMILES string of the molecule is CCOc1ncc(Nc2nc(N[C@H](CC(C)C)[C@H](C)NC(=O)O)c(F)cc2C(N)=O)cc1-n1ccnn1. The van der Waals surface area contributed by atoms with Crippen LogP contribution in [0.4, 0.5) is 26.5 Å². The van der Waals surface area contributed by atoms with E-state index in [1.54, 1.807) is 19.2 Å².